The van der Waals surface area contributed by atoms with E-state index in [-0.39, 0.29) is 10.8 Å². The van der Waals surface area contributed by atoms with Gasteiger partial charge in [-0.15, -0.1) is 5.92 Å². The Bertz CT molecular complexity index is 821. The van der Waals surface area contributed by atoms with E-state index >= 15 is 0 Å². The van der Waals surface area contributed by atoms with Gasteiger partial charge in [-0.1, -0.05) is 78.7 Å². The fourth-order valence-corrected chi connectivity index (χ4v) is 3.68. The van der Waals surface area contributed by atoms with Crippen LogP contribution in [0.15, 0.2) is 30.3 Å². The molecule has 0 heterocycles. The molecule has 0 aliphatic rings. The van der Waals surface area contributed by atoms with Gasteiger partial charge in [0.15, 0.2) is 0 Å². The summed E-state index contributed by atoms with van der Waals surface area (Å²) in [6.07, 6.45) is 1.07. The van der Waals surface area contributed by atoms with Crippen molar-refractivity contribution in [1.82, 2.24) is 0 Å². The van der Waals surface area contributed by atoms with E-state index in [1.165, 1.54) is 33.4 Å². The summed E-state index contributed by atoms with van der Waals surface area (Å²) < 4.78 is 0. The van der Waals surface area contributed by atoms with Crippen LogP contribution in [-0.2, 0) is 17.3 Å². The molecule has 0 nitrogen and oxygen atoms in total. The number of rotatable bonds is 2. The minimum absolute atomic E-state index is 0.129. The number of aryl methyl sites for hydroxylation is 1. The molecule has 0 aliphatic heterocycles. The normalized spacial score (nSPS) is 11.9. The van der Waals surface area contributed by atoms with E-state index in [0.717, 1.165) is 12.0 Å². The maximum absolute atomic E-state index is 3.19. The van der Waals surface area contributed by atoms with Gasteiger partial charge in [-0.25, -0.2) is 0 Å². The minimum atomic E-state index is 0.129. The quantitative estimate of drug-likeness (QED) is 0.505. The van der Waals surface area contributed by atoms with Crippen molar-refractivity contribution in [3.8, 4) is 23.0 Å². The summed E-state index contributed by atoms with van der Waals surface area (Å²) in [5.41, 5.74) is 9.67. The van der Waals surface area contributed by atoms with Gasteiger partial charge in [0.05, 0.1) is 0 Å². The van der Waals surface area contributed by atoms with Crippen LogP contribution in [-0.4, -0.2) is 0 Å². The highest BCUT2D eigenvalue weighted by Gasteiger charge is 2.25. The summed E-state index contributed by atoms with van der Waals surface area (Å²) in [4.78, 5) is 0. The third kappa shape index (κ3) is 4.21. The SMILES string of the molecule is CC#Cc1ccc(-c2cc(C(C)(C)C)c(CC)c(C(C)(C)C)c2)cc1C. The van der Waals surface area contributed by atoms with Crippen LogP contribution in [0, 0.1) is 18.8 Å². The molecule has 0 bridgehead atoms. The van der Waals surface area contributed by atoms with Gasteiger partial charge < -0.3 is 0 Å². The second-order valence-electron chi connectivity index (χ2n) is 9.31. The highest BCUT2D eigenvalue weighted by molar-refractivity contribution is 5.69. The molecule has 0 unspecified atom stereocenters. The van der Waals surface area contributed by atoms with E-state index in [1.54, 1.807) is 0 Å². The Hall–Kier alpha value is -2.00. The Morgan fingerprint density at radius 2 is 1.35 bits per heavy atom. The molecule has 0 aliphatic carbocycles. The molecular weight excluding hydrogens is 312 g/mol. The summed E-state index contributed by atoms with van der Waals surface area (Å²) in [6, 6.07) is 11.5. The molecule has 0 saturated heterocycles. The third-order valence-corrected chi connectivity index (χ3v) is 5.04. The molecule has 0 atom stereocenters. The maximum atomic E-state index is 3.19. The van der Waals surface area contributed by atoms with E-state index < -0.39 is 0 Å². The molecule has 0 spiro atoms. The smallest absolute Gasteiger partial charge is 0.0274 e. The van der Waals surface area contributed by atoms with Gasteiger partial charge in [-0.2, -0.15) is 0 Å². The third-order valence-electron chi connectivity index (χ3n) is 5.04. The molecular formula is C26H34. The number of hydrogen-bond acceptors (Lipinski definition) is 0. The van der Waals surface area contributed by atoms with E-state index in [2.05, 4.69) is 97.6 Å². The molecule has 0 radical (unpaired) electrons. The fraction of sp³-hybridized carbons (Fsp3) is 0.462. The van der Waals surface area contributed by atoms with Gasteiger partial charge in [0, 0.05) is 5.56 Å². The van der Waals surface area contributed by atoms with Gasteiger partial charge in [-0.05, 0) is 70.5 Å². The Morgan fingerprint density at radius 1 is 0.808 bits per heavy atom. The molecule has 0 fully saturated rings. The number of benzene rings is 2. The highest BCUT2D eigenvalue weighted by Crippen LogP contribution is 2.38. The highest BCUT2D eigenvalue weighted by atomic mass is 14.3. The van der Waals surface area contributed by atoms with Crippen LogP contribution in [0.1, 0.15) is 83.2 Å². The van der Waals surface area contributed by atoms with Crippen molar-refractivity contribution in [1.29, 1.82) is 0 Å². The van der Waals surface area contributed by atoms with Crippen molar-refractivity contribution >= 4 is 0 Å². The standard InChI is InChI=1S/C26H34/c1-10-12-19-13-14-20(15-18(19)3)21-16-23(25(4,5)6)22(11-2)24(17-21)26(7,8)9/h13-17H,11H2,1-9H3. The Morgan fingerprint density at radius 3 is 1.73 bits per heavy atom. The van der Waals surface area contributed by atoms with E-state index in [4.69, 9.17) is 0 Å². The average molecular weight is 347 g/mol. The Balaban J connectivity index is 2.77. The minimum Gasteiger partial charge on any atom is -0.101 e. The van der Waals surface area contributed by atoms with Gasteiger partial charge in [0.1, 0.15) is 0 Å². The van der Waals surface area contributed by atoms with E-state index in [9.17, 15) is 0 Å². The zero-order valence-electron chi connectivity index (χ0n) is 18.1. The lowest BCUT2D eigenvalue weighted by atomic mass is 9.74. The molecule has 0 aromatic heterocycles. The van der Waals surface area contributed by atoms with Crippen molar-refractivity contribution in [3.63, 3.8) is 0 Å². The van der Waals surface area contributed by atoms with Crippen LogP contribution >= 0.6 is 0 Å². The van der Waals surface area contributed by atoms with Crippen LogP contribution in [0.2, 0.25) is 0 Å². The maximum Gasteiger partial charge on any atom is 0.0274 e. The van der Waals surface area contributed by atoms with Gasteiger partial charge in [0.25, 0.3) is 0 Å². The molecule has 0 heteroatoms. The molecule has 26 heavy (non-hydrogen) atoms. The largest absolute Gasteiger partial charge is 0.101 e. The van der Waals surface area contributed by atoms with Crippen molar-refractivity contribution in [2.45, 2.75) is 79.6 Å². The lowest BCUT2D eigenvalue weighted by molar-refractivity contribution is 0.557. The van der Waals surface area contributed by atoms with Crippen LogP contribution in [0.3, 0.4) is 0 Å². The predicted octanol–water partition coefficient (Wildman–Crippen LogP) is 7.19. The van der Waals surface area contributed by atoms with Crippen molar-refractivity contribution in [3.05, 3.63) is 58.1 Å². The summed E-state index contributed by atoms with van der Waals surface area (Å²) in [5.74, 6) is 6.20. The average Bonchev–Trinajstić information content (AvgIpc) is 2.54. The van der Waals surface area contributed by atoms with Gasteiger partial charge in [-0.3, -0.25) is 0 Å². The molecule has 0 N–H and O–H groups in total. The first-order valence-electron chi connectivity index (χ1n) is 9.70. The first-order chi connectivity index (χ1) is 12.0. The molecule has 2 aromatic rings. The summed E-state index contributed by atoms with van der Waals surface area (Å²) >= 11 is 0. The van der Waals surface area contributed by atoms with Gasteiger partial charge >= 0.3 is 0 Å². The van der Waals surface area contributed by atoms with Crippen molar-refractivity contribution in [2.24, 2.45) is 0 Å². The monoisotopic (exact) mass is 346 g/mol. The van der Waals surface area contributed by atoms with Gasteiger partial charge in [0.2, 0.25) is 0 Å². The van der Waals surface area contributed by atoms with E-state index in [1.807, 2.05) is 6.92 Å². The molecule has 0 saturated carbocycles. The lowest BCUT2D eigenvalue weighted by Gasteiger charge is -2.31. The zero-order valence-corrected chi connectivity index (χ0v) is 18.1. The molecule has 0 amide bonds. The van der Waals surface area contributed by atoms with E-state index in [0.29, 0.717) is 0 Å². The Kier molecular flexibility index (Phi) is 5.72. The predicted molar refractivity (Wildman–Crippen MR) is 116 cm³/mol. The summed E-state index contributed by atoms with van der Waals surface area (Å²) in [7, 11) is 0. The number of hydrogen-bond donors (Lipinski definition) is 0. The molecule has 2 aromatic carbocycles. The van der Waals surface area contributed by atoms with Crippen LogP contribution in [0.4, 0.5) is 0 Å². The topological polar surface area (TPSA) is 0 Å². The summed E-state index contributed by atoms with van der Waals surface area (Å²) in [5, 5.41) is 0. The van der Waals surface area contributed by atoms with Crippen molar-refractivity contribution < 1.29 is 0 Å². The van der Waals surface area contributed by atoms with Crippen LogP contribution in [0.25, 0.3) is 11.1 Å². The zero-order chi connectivity index (χ0) is 19.7. The Labute approximate surface area is 161 Å². The first-order valence-corrected chi connectivity index (χ1v) is 9.70. The fourth-order valence-electron chi connectivity index (χ4n) is 3.68. The van der Waals surface area contributed by atoms with Crippen LogP contribution < -0.4 is 0 Å². The second-order valence-corrected chi connectivity index (χ2v) is 9.31. The first kappa shape index (κ1) is 20.3. The summed E-state index contributed by atoms with van der Waals surface area (Å²) in [6.45, 7) is 20.3. The lowest BCUT2D eigenvalue weighted by Crippen LogP contribution is -2.21. The molecule has 138 valence electrons. The van der Waals surface area contributed by atoms with Crippen molar-refractivity contribution in [2.75, 3.05) is 0 Å². The second kappa shape index (κ2) is 7.32. The van der Waals surface area contributed by atoms with Crippen LogP contribution in [0.5, 0.6) is 0 Å². The molecule has 2 rings (SSSR count).